The molecule has 1 aromatic rings. The van der Waals surface area contributed by atoms with Gasteiger partial charge in [0.2, 0.25) is 0 Å². The molecule has 1 aliphatic rings. The smallest absolute Gasteiger partial charge is 0.326 e. The first-order chi connectivity index (χ1) is 10.1. The third kappa shape index (κ3) is 5.30. The summed E-state index contributed by atoms with van der Waals surface area (Å²) in [5, 5.41) is 14.8. The number of hydrogen-bond donors (Lipinski definition) is 4. The van der Waals surface area contributed by atoms with Crippen LogP contribution in [0.15, 0.2) is 12.5 Å². The molecule has 0 radical (unpaired) electrons. The van der Waals surface area contributed by atoms with E-state index >= 15 is 0 Å². The van der Waals surface area contributed by atoms with Crippen LogP contribution in [-0.4, -0.2) is 50.7 Å². The molecule has 0 saturated carbocycles. The number of carboxylic acid groups (broad SMARTS) is 1. The lowest BCUT2D eigenvalue weighted by Crippen LogP contribution is -2.48. The Balaban J connectivity index is 1.76. The Hall–Kier alpha value is -1.70. The number of nitrogens with zero attached hydrogens (tertiary/aromatic N) is 1. The highest BCUT2D eigenvalue weighted by Crippen LogP contribution is 2.24. The molecular weight excluding hydrogens is 292 g/mol. The van der Waals surface area contributed by atoms with E-state index in [2.05, 4.69) is 20.6 Å². The minimum atomic E-state index is -1.06. The first kappa shape index (κ1) is 15.7. The molecule has 0 spiro atoms. The van der Waals surface area contributed by atoms with Crippen LogP contribution in [0.1, 0.15) is 25.0 Å². The second-order valence-corrected chi connectivity index (χ2v) is 6.42. The zero-order valence-corrected chi connectivity index (χ0v) is 12.5. The quantitative estimate of drug-likeness (QED) is 0.626. The molecule has 1 aliphatic heterocycles. The Labute approximate surface area is 127 Å². The normalized spacial score (nSPS) is 19.7. The van der Waals surface area contributed by atoms with Crippen molar-refractivity contribution < 1.29 is 14.7 Å². The predicted octanol–water partition coefficient (Wildman–Crippen LogP) is 0.990. The van der Waals surface area contributed by atoms with E-state index in [1.165, 1.54) is 19.2 Å². The minimum Gasteiger partial charge on any atom is -0.480 e. The van der Waals surface area contributed by atoms with Crippen LogP contribution in [0, 0.1) is 0 Å². The number of H-pyrrole nitrogens is 1. The summed E-state index contributed by atoms with van der Waals surface area (Å²) < 4.78 is 0. The molecule has 7 nitrogen and oxygen atoms in total. The minimum absolute atomic E-state index is 0.181. The lowest BCUT2D eigenvalue weighted by Gasteiger charge is -2.22. The Morgan fingerprint density at radius 3 is 3.00 bits per heavy atom. The maximum absolute atomic E-state index is 11.8. The number of nitrogens with one attached hydrogen (secondary N) is 3. The van der Waals surface area contributed by atoms with Gasteiger partial charge in [0.05, 0.1) is 6.33 Å². The molecule has 0 aliphatic carbocycles. The molecule has 2 heterocycles. The fraction of sp³-hybridized carbons (Fsp3) is 0.615. The van der Waals surface area contributed by atoms with Gasteiger partial charge in [0.25, 0.3) is 0 Å². The van der Waals surface area contributed by atoms with Gasteiger partial charge in [-0.3, -0.25) is 0 Å². The maximum atomic E-state index is 11.8. The molecule has 4 N–H and O–H groups in total. The van der Waals surface area contributed by atoms with Crippen molar-refractivity contribution in [2.45, 2.75) is 37.0 Å². The van der Waals surface area contributed by atoms with Gasteiger partial charge in [-0.25, -0.2) is 14.6 Å². The average Bonchev–Trinajstić information content (AvgIpc) is 2.98. The molecule has 2 atom stereocenters. The zero-order valence-electron chi connectivity index (χ0n) is 11.7. The molecule has 8 heteroatoms. The van der Waals surface area contributed by atoms with Gasteiger partial charge < -0.3 is 20.7 Å². The van der Waals surface area contributed by atoms with Crippen molar-refractivity contribution >= 4 is 23.8 Å². The van der Waals surface area contributed by atoms with E-state index in [-0.39, 0.29) is 6.42 Å². The first-order valence-corrected chi connectivity index (χ1v) is 8.06. The first-order valence-electron chi connectivity index (χ1n) is 7.01. The van der Waals surface area contributed by atoms with E-state index in [4.69, 9.17) is 5.11 Å². The second kappa shape index (κ2) is 7.92. The summed E-state index contributed by atoms with van der Waals surface area (Å²) in [6.45, 7) is 0.576. The third-order valence-corrected chi connectivity index (χ3v) is 4.74. The van der Waals surface area contributed by atoms with Gasteiger partial charge in [0.1, 0.15) is 6.04 Å². The number of urea groups is 1. The number of carbonyl (C=O) groups is 2. The number of imidazole rings is 1. The SMILES string of the molecule is O=C(NCC1CCCCS1)N[C@H](Cc1cnc[nH]1)C(=O)O. The molecule has 116 valence electrons. The van der Waals surface area contributed by atoms with E-state index in [0.717, 1.165) is 12.2 Å². The number of carbonyl (C=O) groups excluding carboxylic acids is 1. The van der Waals surface area contributed by atoms with Crippen molar-refractivity contribution in [3.05, 3.63) is 18.2 Å². The fourth-order valence-electron chi connectivity index (χ4n) is 2.20. The number of aliphatic carboxylic acids is 1. The summed E-state index contributed by atoms with van der Waals surface area (Å²) in [7, 11) is 0. The van der Waals surface area contributed by atoms with Crippen LogP contribution < -0.4 is 10.6 Å². The van der Waals surface area contributed by atoms with Crippen LogP contribution in [0.3, 0.4) is 0 Å². The van der Waals surface area contributed by atoms with Crippen LogP contribution in [0.25, 0.3) is 0 Å². The van der Waals surface area contributed by atoms with Crippen LogP contribution in [0.5, 0.6) is 0 Å². The lowest BCUT2D eigenvalue weighted by atomic mass is 10.1. The highest BCUT2D eigenvalue weighted by Gasteiger charge is 2.22. The van der Waals surface area contributed by atoms with Gasteiger partial charge in [0.15, 0.2) is 0 Å². The Morgan fingerprint density at radius 2 is 2.38 bits per heavy atom. The molecule has 1 fully saturated rings. The molecule has 1 unspecified atom stereocenters. The van der Waals surface area contributed by atoms with Gasteiger partial charge >= 0.3 is 12.0 Å². The summed E-state index contributed by atoms with van der Waals surface area (Å²) in [4.78, 5) is 29.7. The second-order valence-electron chi connectivity index (χ2n) is 5.01. The molecule has 1 aromatic heterocycles. The van der Waals surface area contributed by atoms with Crippen LogP contribution in [-0.2, 0) is 11.2 Å². The number of carboxylic acids is 1. The average molecular weight is 312 g/mol. The van der Waals surface area contributed by atoms with Crippen LogP contribution in [0.4, 0.5) is 4.79 Å². The molecule has 0 bridgehead atoms. The van der Waals surface area contributed by atoms with Crippen molar-refractivity contribution in [2.75, 3.05) is 12.3 Å². The van der Waals surface area contributed by atoms with Gasteiger partial charge in [0, 0.05) is 30.1 Å². The number of aromatic amines is 1. The topological polar surface area (TPSA) is 107 Å². The largest absolute Gasteiger partial charge is 0.480 e. The Bertz CT molecular complexity index is 460. The summed E-state index contributed by atoms with van der Waals surface area (Å²) >= 11 is 1.86. The van der Waals surface area contributed by atoms with Gasteiger partial charge in [-0.2, -0.15) is 11.8 Å². The molecule has 0 aromatic carbocycles. The van der Waals surface area contributed by atoms with Crippen LogP contribution in [0.2, 0.25) is 0 Å². The van der Waals surface area contributed by atoms with Gasteiger partial charge in [-0.05, 0) is 18.6 Å². The summed E-state index contributed by atoms with van der Waals surface area (Å²) in [6.07, 6.45) is 6.74. The number of aromatic nitrogens is 2. The van der Waals surface area contributed by atoms with E-state index in [0.29, 0.717) is 17.5 Å². The predicted molar refractivity (Wildman–Crippen MR) is 80.3 cm³/mol. The number of rotatable bonds is 6. The van der Waals surface area contributed by atoms with Crippen molar-refractivity contribution in [1.29, 1.82) is 0 Å². The fourth-order valence-corrected chi connectivity index (χ4v) is 3.44. The highest BCUT2D eigenvalue weighted by molar-refractivity contribution is 7.99. The van der Waals surface area contributed by atoms with Crippen molar-refractivity contribution in [3.63, 3.8) is 0 Å². The van der Waals surface area contributed by atoms with Crippen molar-refractivity contribution in [1.82, 2.24) is 20.6 Å². The van der Waals surface area contributed by atoms with E-state index in [9.17, 15) is 9.59 Å². The summed E-state index contributed by atoms with van der Waals surface area (Å²) in [5.41, 5.74) is 0.672. The Kier molecular flexibility index (Phi) is 5.91. The van der Waals surface area contributed by atoms with E-state index < -0.39 is 18.0 Å². The third-order valence-electron chi connectivity index (χ3n) is 3.35. The summed E-state index contributed by atoms with van der Waals surface area (Å²) in [5.74, 6) is 0.0673. The van der Waals surface area contributed by atoms with Gasteiger partial charge in [-0.15, -0.1) is 0 Å². The van der Waals surface area contributed by atoms with E-state index in [1.54, 1.807) is 6.20 Å². The van der Waals surface area contributed by atoms with E-state index in [1.807, 2.05) is 11.8 Å². The van der Waals surface area contributed by atoms with Gasteiger partial charge in [-0.1, -0.05) is 6.42 Å². The molecule has 2 rings (SSSR count). The number of hydrogen-bond acceptors (Lipinski definition) is 4. The molecule has 21 heavy (non-hydrogen) atoms. The van der Waals surface area contributed by atoms with Crippen molar-refractivity contribution in [2.24, 2.45) is 0 Å². The molecule has 1 saturated heterocycles. The van der Waals surface area contributed by atoms with Crippen molar-refractivity contribution in [3.8, 4) is 0 Å². The highest BCUT2D eigenvalue weighted by atomic mass is 32.2. The summed E-state index contributed by atoms with van der Waals surface area (Å²) in [6, 6.07) is -1.41. The lowest BCUT2D eigenvalue weighted by molar-refractivity contribution is -0.139. The molecular formula is C13H20N4O3S. The van der Waals surface area contributed by atoms with Crippen LogP contribution >= 0.6 is 11.8 Å². The zero-order chi connectivity index (χ0) is 15.1. The standard InChI is InChI=1S/C13H20N4O3S/c18-12(19)11(5-9-6-14-8-16-9)17-13(20)15-7-10-3-1-2-4-21-10/h6,8,10-11H,1-5,7H2,(H,14,16)(H,18,19)(H2,15,17,20)/t10?,11-/m1/s1. The Morgan fingerprint density at radius 1 is 1.52 bits per heavy atom. The molecule has 2 amide bonds. The number of thioether (sulfide) groups is 1. The monoisotopic (exact) mass is 312 g/mol. The maximum Gasteiger partial charge on any atom is 0.326 e. The number of amides is 2.